The average Bonchev–Trinajstić information content (AvgIpc) is 3.18. The molecular formula is C22H27N3O3. The number of amides is 1. The Bertz CT molecular complexity index is 825. The van der Waals surface area contributed by atoms with Crippen LogP contribution in [0.3, 0.4) is 0 Å². The zero-order valence-corrected chi connectivity index (χ0v) is 16.5. The summed E-state index contributed by atoms with van der Waals surface area (Å²) in [6.45, 7) is 6.55. The molecule has 0 N–H and O–H groups in total. The van der Waals surface area contributed by atoms with Gasteiger partial charge in [-0.05, 0) is 25.8 Å². The molecule has 0 aromatic heterocycles. The van der Waals surface area contributed by atoms with E-state index < -0.39 is 4.92 Å². The fourth-order valence-electron chi connectivity index (χ4n) is 4.06. The normalized spacial score (nSPS) is 18.0. The summed E-state index contributed by atoms with van der Waals surface area (Å²) in [6, 6.07) is 17.3. The summed E-state index contributed by atoms with van der Waals surface area (Å²) in [5.74, 6) is -0.0454. The Balaban J connectivity index is 1.67. The van der Waals surface area contributed by atoms with Gasteiger partial charge in [-0.25, -0.2) is 0 Å². The van der Waals surface area contributed by atoms with E-state index in [-0.39, 0.29) is 24.1 Å². The van der Waals surface area contributed by atoms with Gasteiger partial charge in [0, 0.05) is 43.3 Å². The van der Waals surface area contributed by atoms with Crippen molar-refractivity contribution in [3.05, 3.63) is 75.8 Å². The van der Waals surface area contributed by atoms with Gasteiger partial charge in [0.25, 0.3) is 5.69 Å². The number of likely N-dealkylation sites (N-methyl/N-ethyl adjacent to an activating group) is 1. The van der Waals surface area contributed by atoms with Gasteiger partial charge in [-0.2, -0.15) is 0 Å². The maximum Gasteiger partial charge on any atom is 0.273 e. The van der Waals surface area contributed by atoms with Gasteiger partial charge in [0.2, 0.25) is 5.91 Å². The molecule has 2 unspecified atom stereocenters. The third-order valence-electron chi connectivity index (χ3n) is 5.66. The van der Waals surface area contributed by atoms with Gasteiger partial charge in [-0.3, -0.25) is 19.8 Å². The predicted octanol–water partition coefficient (Wildman–Crippen LogP) is 3.82. The number of benzene rings is 2. The molecule has 2 atom stereocenters. The first-order valence-corrected chi connectivity index (χ1v) is 9.82. The Morgan fingerprint density at radius 1 is 1.21 bits per heavy atom. The second kappa shape index (κ2) is 8.97. The van der Waals surface area contributed by atoms with Crippen LogP contribution < -0.4 is 0 Å². The quantitative estimate of drug-likeness (QED) is 0.540. The van der Waals surface area contributed by atoms with Crippen LogP contribution in [0.1, 0.15) is 37.4 Å². The highest BCUT2D eigenvalue weighted by Crippen LogP contribution is 2.27. The Morgan fingerprint density at radius 3 is 2.57 bits per heavy atom. The van der Waals surface area contributed by atoms with Crippen molar-refractivity contribution >= 4 is 11.6 Å². The molecule has 0 bridgehead atoms. The van der Waals surface area contributed by atoms with Crippen LogP contribution in [0.4, 0.5) is 5.69 Å². The number of likely N-dealkylation sites (tertiary alicyclic amines) is 1. The molecule has 1 saturated heterocycles. The minimum Gasteiger partial charge on any atom is -0.338 e. The largest absolute Gasteiger partial charge is 0.338 e. The number of carbonyl (C=O) groups is 1. The average molecular weight is 381 g/mol. The number of nitro benzene ring substituents is 1. The minimum atomic E-state index is -0.419. The summed E-state index contributed by atoms with van der Waals surface area (Å²) < 4.78 is 0. The molecule has 1 amide bonds. The molecule has 3 rings (SSSR count). The first-order valence-electron chi connectivity index (χ1n) is 9.82. The van der Waals surface area contributed by atoms with E-state index in [0.717, 1.165) is 19.5 Å². The van der Waals surface area contributed by atoms with Crippen LogP contribution in [0, 0.1) is 10.1 Å². The lowest BCUT2D eigenvalue weighted by atomic mass is 10.1. The van der Waals surface area contributed by atoms with Gasteiger partial charge in [-0.1, -0.05) is 48.5 Å². The van der Waals surface area contributed by atoms with Crippen LogP contribution >= 0.6 is 0 Å². The van der Waals surface area contributed by atoms with E-state index in [4.69, 9.17) is 0 Å². The first kappa shape index (κ1) is 20.0. The van der Waals surface area contributed by atoms with E-state index in [2.05, 4.69) is 24.0 Å². The highest BCUT2D eigenvalue weighted by Gasteiger charge is 2.32. The van der Waals surface area contributed by atoms with Crippen LogP contribution in [0.5, 0.6) is 0 Å². The summed E-state index contributed by atoms with van der Waals surface area (Å²) in [5.41, 5.74) is 1.76. The van der Waals surface area contributed by atoms with Crippen molar-refractivity contribution in [3.8, 4) is 0 Å². The highest BCUT2D eigenvalue weighted by molar-refractivity contribution is 5.80. The molecule has 0 aliphatic carbocycles. The zero-order chi connectivity index (χ0) is 20.1. The smallest absolute Gasteiger partial charge is 0.273 e. The van der Waals surface area contributed by atoms with Crippen molar-refractivity contribution in [2.24, 2.45) is 0 Å². The number of rotatable bonds is 7. The van der Waals surface area contributed by atoms with E-state index in [9.17, 15) is 14.9 Å². The third kappa shape index (κ3) is 4.39. The van der Waals surface area contributed by atoms with Gasteiger partial charge in [0.1, 0.15) is 0 Å². The lowest BCUT2D eigenvalue weighted by Gasteiger charge is -2.30. The molecule has 2 aromatic carbocycles. The Hall–Kier alpha value is -2.73. The van der Waals surface area contributed by atoms with E-state index in [1.54, 1.807) is 18.2 Å². The number of nitro groups is 1. The summed E-state index contributed by atoms with van der Waals surface area (Å²) in [7, 11) is 0. The number of nitrogens with zero attached hydrogens (tertiary/aromatic N) is 3. The number of para-hydroxylation sites is 1. The standard InChI is InChI=1S/C22H27N3O3/c1-3-24(22(26)15-19-11-7-8-12-21(19)25(27)28)20-13-14-23(16-20)17(2)18-9-5-4-6-10-18/h4-12,17,20H,3,13-16H2,1-2H3. The molecule has 1 heterocycles. The maximum atomic E-state index is 12.9. The Kier molecular flexibility index (Phi) is 6.41. The summed E-state index contributed by atoms with van der Waals surface area (Å²) in [5, 5.41) is 11.2. The molecule has 1 aliphatic rings. The lowest BCUT2D eigenvalue weighted by Crippen LogP contribution is -2.42. The number of carbonyl (C=O) groups excluding carboxylic acids is 1. The van der Waals surface area contributed by atoms with Crippen molar-refractivity contribution in [2.45, 2.75) is 38.8 Å². The summed E-state index contributed by atoms with van der Waals surface area (Å²) in [4.78, 5) is 28.0. The maximum absolute atomic E-state index is 12.9. The predicted molar refractivity (Wildman–Crippen MR) is 109 cm³/mol. The first-order chi connectivity index (χ1) is 13.5. The van der Waals surface area contributed by atoms with Crippen molar-refractivity contribution in [3.63, 3.8) is 0 Å². The zero-order valence-electron chi connectivity index (χ0n) is 16.5. The second-order valence-corrected chi connectivity index (χ2v) is 7.27. The van der Waals surface area contributed by atoms with Crippen LogP contribution in [0.25, 0.3) is 0 Å². The Morgan fingerprint density at radius 2 is 1.89 bits per heavy atom. The molecule has 1 fully saturated rings. The molecule has 0 spiro atoms. The molecule has 1 aliphatic heterocycles. The van der Waals surface area contributed by atoms with Crippen LogP contribution in [-0.2, 0) is 11.2 Å². The summed E-state index contributed by atoms with van der Waals surface area (Å²) >= 11 is 0. The lowest BCUT2D eigenvalue weighted by molar-refractivity contribution is -0.385. The molecular weight excluding hydrogens is 354 g/mol. The second-order valence-electron chi connectivity index (χ2n) is 7.27. The SMILES string of the molecule is CCN(C(=O)Cc1ccccc1[N+](=O)[O-])C1CCN(C(C)c2ccccc2)C1. The van der Waals surface area contributed by atoms with Gasteiger partial charge in [-0.15, -0.1) is 0 Å². The molecule has 28 heavy (non-hydrogen) atoms. The van der Waals surface area contributed by atoms with Gasteiger partial charge < -0.3 is 4.90 Å². The summed E-state index contributed by atoms with van der Waals surface area (Å²) in [6.07, 6.45) is 0.989. The van der Waals surface area contributed by atoms with Crippen LogP contribution in [0.15, 0.2) is 54.6 Å². The molecule has 0 saturated carbocycles. The van der Waals surface area contributed by atoms with Gasteiger partial charge in [0.05, 0.1) is 11.3 Å². The molecule has 6 nitrogen and oxygen atoms in total. The molecule has 2 aromatic rings. The van der Waals surface area contributed by atoms with E-state index in [1.807, 2.05) is 30.0 Å². The monoisotopic (exact) mass is 381 g/mol. The van der Waals surface area contributed by atoms with Gasteiger partial charge in [0.15, 0.2) is 0 Å². The van der Waals surface area contributed by atoms with Crippen molar-refractivity contribution in [2.75, 3.05) is 19.6 Å². The number of hydrogen-bond donors (Lipinski definition) is 0. The fourth-order valence-corrected chi connectivity index (χ4v) is 4.06. The van der Waals surface area contributed by atoms with Crippen LogP contribution in [0.2, 0.25) is 0 Å². The van der Waals surface area contributed by atoms with Gasteiger partial charge >= 0.3 is 0 Å². The van der Waals surface area contributed by atoms with Crippen molar-refractivity contribution in [1.82, 2.24) is 9.80 Å². The van der Waals surface area contributed by atoms with Crippen molar-refractivity contribution < 1.29 is 9.72 Å². The van der Waals surface area contributed by atoms with E-state index in [0.29, 0.717) is 18.2 Å². The van der Waals surface area contributed by atoms with E-state index >= 15 is 0 Å². The minimum absolute atomic E-state index is 0.0117. The molecule has 6 heteroatoms. The fraction of sp³-hybridized carbons (Fsp3) is 0.409. The third-order valence-corrected chi connectivity index (χ3v) is 5.66. The van der Waals surface area contributed by atoms with Crippen LogP contribution in [-0.4, -0.2) is 46.3 Å². The number of hydrogen-bond acceptors (Lipinski definition) is 4. The Labute approximate surface area is 165 Å². The highest BCUT2D eigenvalue weighted by atomic mass is 16.6. The molecule has 0 radical (unpaired) electrons. The topological polar surface area (TPSA) is 66.7 Å². The molecule has 148 valence electrons. The van der Waals surface area contributed by atoms with Crippen molar-refractivity contribution in [1.29, 1.82) is 0 Å². The van der Waals surface area contributed by atoms with E-state index in [1.165, 1.54) is 11.6 Å².